The second kappa shape index (κ2) is 5.13. The number of methoxy groups -OCH3 is 1. The summed E-state index contributed by atoms with van der Waals surface area (Å²) in [6.45, 7) is 4.64. The molecular formula is C14H16N4OS. The summed E-state index contributed by atoms with van der Waals surface area (Å²) in [5.74, 6) is 0.669. The van der Waals surface area contributed by atoms with Crippen molar-refractivity contribution in [2.24, 2.45) is 0 Å². The van der Waals surface area contributed by atoms with E-state index in [4.69, 9.17) is 4.74 Å². The van der Waals surface area contributed by atoms with Crippen LogP contribution in [0.2, 0.25) is 0 Å². The lowest BCUT2D eigenvalue weighted by molar-refractivity contribution is 0.395. The Morgan fingerprint density at radius 1 is 1.30 bits per heavy atom. The Morgan fingerprint density at radius 3 is 2.90 bits per heavy atom. The maximum absolute atomic E-state index is 5.35. The minimum Gasteiger partial charge on any atom is -0.480 e. The van der Waals surface area contributed by atoms with Gasteiger partial charge in [-0.2, -0.15) is 4.98 Å². The molecule has 0 atom stereocenters. The zero-order chi connectivity index (χ0) is 14.1. The molecule has 0 aliphatic carbocycles. The summed E-state index contributed by atoms with van der Waals surface area (Å²) in [4.78, 5) is 9.84. The topological polar surface area (TPSA) is 51.5 Å². The van der Waals surface area contributed by atoms with Crippen LogP contribution in [0.4, 0.5) is 5.69 Å². The van der Waals surface area contributed by atoms with E-state index in [1.807, 2.05) is 35.9 Å². The lowest BCUT2D eigenvalue weighted by Crippen LogP contribution is -2.05. The Kier molecular flexibility index (Phi) is 3.31. The summed E-state index contributed by atoms with van der Waals surface area (Å²) in [6, 6.07) is 4.05. The minimum absolute atomic E-state index is 0.645. The summed E-state index contributed by atoms with van der Waals surface area (Å²) < 4.78 is 7.39. The predicted octanol–water partition coefficient (Wildman–Crippen LogP) is 3.03. The van der Waals surface area contributed by atoms with Crippen LogP contribution in [0.3, 0.4) is 0 Å². The molecule has 0 aliphatic heterocycles. The van der Waals surface area contributed by atoms with Gasteiger partial charge in [0.15, 0.2) is 4.96 Å². The van der Waals surface area contributed by atoms with Gasteiger partial charge < -0.3 is 10.1 Å². The molecule has 3 aromatic heterocycles. The number of anilines is 1. The largest absolute Gasteiger partial charge is 0.480 e. The smallest absolute Gasteiger partial charge is 0.238 e. The molecule has 3 heterocycles. The number of nitrogens with one attached hydrogen (secondary N) is 1. The lowest BCUT2D eigenvalue weighted by Gasteiger charge is -2.09. The fourth-order valence-corrected chi connectivity index (χ4v) is 2.91. The van der Waals surface area contributed by atoms with Gasteiger partial charge in [-0.3, -0.25) is 9.38 Å². The summed E-state index contributed by atoms with van der Waals surface area (Å²) in [5.41, 5.74) is 4.07. The number of aromatic nitrogens is 3. The summed E-state index contributed by atoms with van der Waals surface area (Å²) in [7, 11) is 1.65. The molecule has 6 heteroatoms. The second-order valence-electron chi connectivity index (χ2n) is 4.56. The quantitative estimate of drug-likeness (QED) is 0.801. The lowest BCUT2D eigenvalue weighted by atomic mass is 10.2. The van der Waals surface area contributed by atoms with Crippen molar-refractivity contribution in [2.75, 3.05) is 12.4 Å². The number of rotatable bonds is 4. The Labute approximate surface area is 121 Å². The number of fused-ring (bicyclic) bond motifs is 1. The summed E-state index contributed by atoms with van der Waals surface area (Å²) >= 11 is 1.60. The number of hydrogen-bond donors (Lipinski definition) is 1. The van der Waals surface area contributed by atoms with Crippen LogP contribution >= 0.6 is 11.3 Å². The van der Waals surface area contributed by atoms with Crippen LogP contribution in [0, 0.1) is 13.8 Å². The van der Waals surface area contributed by atoms with Gasteiger partial charge in [0.1, 0.15) is 5.69 Å². The highest BCUT2D eigenvalue weighted by atomic mass is 32.1. The number of hydrogen-bond acceptors (Lipinski definition) is 5. The van der Waals surface area contributed by atoms with Crippen molar-refractivity contribution < 1.29 is 4.74 Å². The molecule has 0 aliphatic rings. The normalized spacial score (nSPS) is 10.9. The molecule has 3 rings (SSSR count). The third-order valence-electron chi connectivity index (χ3n) is 3.19. The van der Waals surface area contributed by atoms with E-state index in [1.54, 1.807) is 18.4 Å². The summed E-state index contributed by atoms with van der Waals surface area (Å²) in [5, 5.41) is 5.42. The van der Waals surface area contributed by atoms with Crippen molar-refractivity contribution in [3.05, 3.63) is 40.8 Å². The second-order valence-corrected chi connectivity index (χ2v) is 5.44. The fourth-order valence-electron chi connectivity index (χ4n) is 2.19. The molecule has 0 bridgehead atoms. The van der Waals surface area contributed by atoms with E-state index < -0.39 is 0 Å². The van der Waals surface area contributed by atoms with E-state index in [0.29, 0.717) is 12.4 Å². The van der Waals surface area contributed by atoms with Crippen molar-refractivity contribution in [1.82, 2.24) is 14.4 Å². The number of thiazole rings is 1. The van der Waals surface area contributed by atoms with Crippen molar-refractivity contribution in [3.8, 4) is 5.88 Å². The molecule has 104 valence electrons. The molecule has 0 fully saturated rings. The molecule has 5 nitrogen and oxygen atoms in total. The van der Waals surface area contributed by atoms with Crippen LogP contribution in [-0.4, -0.2) is 21.5 Å². The Bertz CT molecular complexity index is 747. The molecule has 0 saturated carbocycles. The third-order valence-corrected chi connectivity index (χ3v) is 3.95. The number of imidazole rings is 1. The highest BCUT2D eigenvalue weighted by molar-refractivity contribution is 7.15. The number of nitrogens with zero attached hydrogens (tertiary/aromatic N) is 3. The Morgan fingerprint density at radius 2 is 2.15 bits per heavy atom. The van der Waals surface area contributed by atoms with Gasteiger partial charge in [-0.1, -0.05) is 0 Å². The molecule has 20 heavy (non-hydrogen) atoms. The van der Waals surface area contributed by atoms with Crippen LogP contribution < -0.4 is 10.1 Å². The molecule has 1 N–H and O–H groups in total. The number of aryl methyl sites for hydroxylation is 2. The van der Waals surface area contributed by atoms with Gasteiger partial charge in [-0.05, 0) is 26.0 Å². The van der Waals surface area contributed by atoms with Gasteiger partial charge in [0.2, 0.25) is 5.88 Å². The molecule has 0 saturated heterocycles. The van der Waals surface area contributed by atoms with Gasteiger partial charge in [-0.25, -0.2) is 0 Å². The summed E-state index contributed by atoms with van der Waals surface area (Å²) in [6.07, 6.45) is 2.01. The fraction of sp³-hybridized carbons (Fsp3) is 0.286. The number of ether oxygens (including phenoxy) is 1. The van der Waals surface area contributed by atoms with Crippen molar-refractivity contribution >= 4 is 22.0 Å². The molecular weight excluding hydrogens is 272 g/mol. The van der Waals surface area contributed by atoms with E-state index in [9.17, 15) is 0 Å². The van der Waals surface area contributed by atoms with Gasteiger partial charge in [0.05, 0.1) is 25.0 Å². The highest BCUT2D eigenvalue weighted by Crippen LogP contribution is 2.24. The molecule has 0 unspecified atom stereocenters. The first kappa shape index (κ1) is 12.9. The number of pyridine rings is 1. The molecule has 0 radical (unpaired) electrons. The maximum atomic E-state index is 5.35. The van der Waals surface area contributed by atoms with Crippen LogP contribution in [-0.2, 0) is 6.54 Å². The minimum atomic E-state index is 0.645. The van der Waals surface area contributed by atoms with Gasteiger partial charge >= 0.3 is 0 Å². The van der Waals surface area contributed by atoms with E-state index in [-0.39, 0.29) is 0 Å². The molecule has 0 amide bonds. The molecule has 0 spiro atoms. The maximum Gasteiger partial charge on any atom is 0.238 e. The van der Waals surface area contributed by atoms with E-state index in [1.165, 1.54) is 0 Å². The average Bonchev–Trinajstić information content (AvgIpc) is 2.98. The Hall–Kier alpha value is -2.08. The standard InChI is InChI=1S/C14H16N4OS/c1-9-4-5-11(10(2)16-9)15-8-12-13(19-3)17-14-18(12)6-7-20-14/h4-7,15H,8H2,1-3H3. The van der Waals surface area contributed by atoms with Crippen LogP contribution in [0.25, 0.3) is 4.96 Å². The van der Waals surface area contributed by atoms with Crippen molar-refractivity contribution in [2.45, 2.75) is 20.4 Å². The highest BCUT2D eigenvalue weighted by Gasteiger charge is 2.13. The van der Waals surface area contributed by atoms with Crippen LogP contribution in [0.5, 0.6) is 5.88 Å². The first-order chi connectivity index (χ1) is 9.69. The molecule has 0 aromatic carbocycles. The monoisotopic (exact) mass is 288 g/mol. The van der Waals surface area contributed by atoms with Gasteiger partial charge in [0.25, 0.3) is 0 Å². The first-order valence-corrected chi connectivity index (χ1v) is 7.23. The van der Waals surface area contributed by atoms with Crippen molar-refractivity contribution in [1.29, 1.82) is 0 Å². The van der Waals surface area contributed by atoms with Crippen molar-refractivity contribution in [3.63, 3.8) is 0 Å². The van der Waals surface area contributed by atoms with E-state index in [2.05, 4.69) is 21.4 Å². The van der Waals surface area contributed by atoms with Gasteiger partial charge in [-0.15, -0.1) is 11.3 Å². The van der Waals surface area contributed by atoms with E-state index in [0.717, 1.165) is 27.7 Å². The Balaban J connectivity index is 1.87. The predicted molar refractivity (Wildman–Crippen MR) is 80.7 cm³/mol. The zero-order valence-corrected chi connectivity index (χ0v) is 12.5. The first-order valence-electron chi connectivity index (χ1n) is 6.35. The van der Waals surface area contributed by atoms with Crippen LogP contribution in [0.15, 0.2) is 23.7 Å². The zero-order valence-electron chi connectivity index (χ0n) is 11.7. The molecule has 3 aromatic rings. The van der Waals surface area contributed by atoms with Crippen LogP contribution in [0.1, 0.15) is 17.1 Å². The third kappa shape index (κ3) is 2.22. The SMILES string of the molecule is COc1nc2sccn2c1CNc1ccc(C)nc1C. The average molecular weight is 288 g/mol. The van der Waals surface area contributed by atoms with Gasteiger partial charge in [0, 0.05) is 17.3 Å². The van der Waals surface area contributed by atoms with E-state index >= 15 is 0 Å².